The number of rotatable bonds is 2. The van der Waals surface area contributed by atoms with Crippen molar-refractivity contribution >= 4 is 11.6 Å². The molecule has 1 aliphatic rings. The molecule has 1 N–H and O–H groups in total. The van der Waals surface area contributed by atoms with Gasteiger partial charge in [-0.1, -0.05) is 12.1 Å². The lowest BCUT2D eigenvalue weighted by Crippen LogP contribution is -2.51. The van der Waals surface area contributed by atoms with E-state index < -0.39 is 11.9 Å². The van der Waals surface area contributed by atoms with Gasteiger partial charge in [0.25, 0.3) is 5.91 Å². The second-order valence-electron chi connectivity index (χ2n) is 3.57. The topological polar surface area (TPSA) is 49.8 Å². The van der Waals surface area contributed by atoms with Gasteiger partial charge < -0.3 is 9.84 Å². The molecule has 1 aliphatic heterocycles. The number of amides is 1. The Kier molecular flexibility index (Phi) is 3.17. The number of morpholine rings is 1. The summed E-state index contributed by atoms with van der Waals surface area (Å²) in [5.41, 5.74) is 0.190. The first-order chi connectivity index (χ1) is 7.74. The predicted molar refractivity (Wildman–Crippen MR) is 55.6 cm³/mol. The smallest absolute Gasteiger partial charge is 0.253 e. The molecule has 0 aromatic heterocycles. The van der Waals surface area contributed by atoms with Gasteiger partial charge in [-0.25, -0.2) is 4.39 Å². The molecule has 0 aliphatic carbocycles. The van der Waals surface area contributed by atoms with Crippen molar-refractivity contribution in [1.29, 1.82) is 0 Å². The van der Waals surface area contributed by atoms with Crippen molar-refractivity contribution in [3.05, 3.63) is 30.1 Å². The molecule has 1 aromatic rings. The number of aliphatic hydroxyl groups excluding tert-OH is 1. The van der Waals surface area contributed by atoms with Crippen LogP contribution >= 0.6 is 0 Å². The van der Waals surface area contributed by atoms with Gasteiger partial charge in [-0.05, 0) is 12.1 Å². The molecular weight excluding hydrogens is 213 g/mol. The Hall–Kier alpha value is -1.46. The van der Waals surface area contributed by atoms with E-state index in [0.717, 1.165) is 0 Å². The van der Waals surface area contributed by atoms with Gasteiger partial charge in [0.15, 0.2) is 0 Å². The standard InChI is InChI=1S/C11H12FNO3/c12-9-3-1-2-4-10(9)13-8(5-14)6-16-7-11(13)15/h1-4,8,14H,5-7H2. The van der Waals surface area contributed by atoms with E-state index in [1.807, 2.05) is 0 Å². The Morgan fingerprint density at radius 1 is 1.50 bits per heavy atom. The summed E-state index contributed by atoms with van der Waals surface area (Å²) in [6.07, 6.45) is 0. The quantitative estimate of drug-likeness (QED) is 0.799. The van der Waals surface area contributed by atoms with Gasteiger partial charge in [0.1, 0.15) is 12.4 Å². The molecule has 0 saturated carbocycles. The number of halogens is 1. The minimum Gasteiger partial charge on any atom is -0.394 e. The Bertz CT molecular complexity index is 397. The molecule has 0 radical (unpaired) electrons. The SMILES string of the molecule is O=C1COCC(CO)N1c1ccccc1F. The summed E-state index contributed by atoms with van der Waals surface area (Å²) in [6, 6.07) is 5.49. The molecule has 5 heteroatoms. The Balaban J connectivity index is 2.36. The highest BCUT2D eigenvalue weighted by molar-refractivity contribution is 5.95. The zero-order chi connectivity index (χ0) is 11.5. The number of anilines is 1. The van der Waals surface area contributed by atoms with E-state index >= 15 is 0 Å². The molecular formula is C11H12FNO3. The van der Waals surface area contributed by atoms with E-state index in [0.29, 0.717) is 0 Å². The number of nitrogens with zero attached hydrogens (tertiary/aromatic N) is 1. The van der Waals surface area contributed by atoms with E-state index in [4.69, 9.17) is 9.84 Å². The van der Waals surface area contributed by atoms with Crippen LogP contribution in [0.1, 0.15) is 0 Å². The van der Waals surface area contributed by atoms with Gasteiger partial charge in [0.2, 0.25) is 0 Å². The minimum absolute atomic E-state index is 0.0785. The molecule has 16 heavy (non-hydrogen) atoms. The Morgan fingerprint density at radius 3 is 2.94 bits per heavy atom. The lowest BCUT2D eigenvalue weighted by atomic mass is 10.2. The zero-order valence-electron chi connectivity index (χ0n) is 8.60. The van der Waals surface area contributed by atoms with Gasteiger partial charge in [-0.15, -0.1) is 0 Å². The lowest BCUT2D eigenvalue weighted by molar-refractivity contribution is -0.128. The van der Waals surface area contributed by atoms with Crippen LogP contribution < -0.4 is 4.90 Å². The average Bonchev–Trinajstić information content (AvgIpc) is 2.30. The highest BCUT2D eigenvalue weighted by atomic mass is 19.1. The van der Waals surface area contributed by atoms with Crippen molar-refractivity contribution in [3.63, 3.8) is 0 Å². The molecule has 0 bridgehead atoms. The Labute approximate surface area is 92.2 Å². The summed E-state index contributed by atoms with van der Waals surface area (Å²) in [6.45, 7) is -0.110. The summed E-state index contributed by atoms with van der Waals surface area (Å²) >= 11 is 0. The highest BCUT2D eigenvalue weighted by Crippen LogP contribution is 2.23. The van der Waals surface area contributed by atoms with Crippen LogP contribution in [0.2, 0.25) is 0 Å². The number of aliphatic hydroxyl groups is 1. The minimum atomic E-state index is -0.516. The number of ether oxygens (including phenoxy) is 1. The van der Waals surface area contributed by atoms with E-state index in [-0.39, 0.29) is 31.4 Å². The molecule has 2 rings (SSSR count). The van der Waals surface area contributed by atoms with Crippen molar-refractivity contribution in [2.24, 2.45) is 0 Å². The second-order valence-corrected chi connectivity index (χ2v) is 3.57. The molecule has 1 amide bonds. The summed E-state index contributed by atoms with van der Waals surface area (Å²) < 4.78 is 18.5. The molecule has 1 aromatic carbocycles. The third kappa shape index (κ3) is 1.91. The van der Waals surface area contributed by atoms with Crippen LogP contribution in [0.15, 0.2) is 24.3 Å². The fourth-order valence-electron chi connectivity index (χ4n) is 1.74. The summed E-state index contributed by atoms with van der Waals surface area (Å²) in [4.78, 5) is 12.9. The lowest BCUT2D eigenvalue weighted by Gasteiger charge is -2.34. The van der Waals surface area contributed by atoms with Crippen molar-refractivity contribution < 1.29 is 19.0 Å². The fourth-order valence-corrected chi connectivity index (χ4v) is 1.74. The van der Waals surface area contributed by atoms with Gasteiger partial charge in [-0.2, -0.15) is 0 Å². The van der Waals surface area contributed by atoms with Gasteiger partial charge in [0.05, 0.1) is 24.9 Å². The summed E-state index contributed by atoms with van der Waals surface area (Å²) in [7, 11) is 0. The van der Waals surface area contributed by atoms with E-state index in [2.05, 4.69) is 0 Å². The molecule has 1 heterocycles. The van der Waals surface area contributed by atoms with Crippen LogP contribution in [-0.2, 0) is 9.53 Å². The van der Waals surface area contributed by atoms with Crippen LogP contribution in [0.25, 0.3) is 0 Å². The van der Waals surface area contributed by atoms with E-state index in [1.54, 1.807) is 12.1 Å². The van der Waals surface area contributed by atoms with Crippen LogP contribution in [-0.4, -0.2) is 36.9 Å². The number of hydrogen-bond acceptors (Lipinski definition) is 3. The third-order valence-electron chi connectivity index (χ3n) is 2.49. The first-order valence-corrected chi connectivity index (χ1v) is 4.99. The van der Waals surface area contributed by atoms with Crippen LogP contribution in [0, 0.1) is 5.82 Å². The van der Waals surface area contributed by atoms with Crippen LogP contribution in [0.3, 0.4) is 0 Å². The number of hydrogen-bond donors (Lipinski definition) is 1. The van der Waals surface area contributed by atoms with E-state index in [1.165, 1.54) is 17.0 Å². The highest BCUT2D eigenvalue weighted by Gasteiger charge is 2.30. The zero-order valence-corrected chi connectivity index (χ0v) is 8.60. The van der Waals surface area contributed by atoms with Crippen LogP contribution in [0.5, 0.6) is 0 Å². The monoisotopic (exact) mass is 225 g/mol. The molecule has 4 nitrogen and oxygen atoms in total. The molecule has 1 unspecified atom stereocenters. The second kappa shape index (κ2) is 4.59. The normalized spacial score (nSPS) is 21.2. The summed E-state index contributed by atoms with van der Waals surface area (Å²) in [5.74, 6) is -0.813. The number of para-hydroxylation sites is 1. The van der Waals surface area contributed by atoms with Gasteiger partial charge >= 0.3 is 0 Å². The van der Waals surface area contributed by atoms with Gasteiger partial charge in [0, 0.05) is 0 Å². The van der Waals surface area contributed by atoms with Crippen molar-refractivity contribution in [2.45, 2.75) is 6.04 Å². The third-order valence-corrected chi connectivity index (χ3v) is 2.49. The van der Waals surface area contributed by atoms with Gasteiger partial charge in [-0.3, -0.25) is 9.69 Å². The predicted octanol–water partition coefficient (Wildman–Crippen LogP) is 0.550. The molecule has 0 spiro atoms. The largest absolute Gasteiger partial charge is 0.394 e. The maximum absolute atomic E-state index is 13.5. The number of carbonyl (C=O) groups excluding carboxylic acids is 1. The number of benzene rings is 1. The van der Waals surface area contributed by atoms with E-state index in [9.17, 15) is 9.18 Å². The molecule has 1 fully saturated rings. The van der Waals surface area contributed by atoms with Crippen LogP contribution in [0.4, 0.5) is 10.1 Å². The molecule has 86 valence electrons. The fraction of sp³-hybridized carbons (Fsp3) is 0.364. The van der Waals surface area contributed by atoms with Crippen molar-refractivity contribution in [1.82, 2.24) is 0 Å². The number of carbonyl (C=O) groups is 1. The molecule has 1 atom stereocenters. The first kappa shape index (κ1) is 11.0. The maximum atomic E-state index is 13.5. The Morgan fingerprint density at radius 2 is 2.25 bits per heavy atom. The van der Waals surface area contributed by atoms with Crippen molar-refractivity contribution in [2.75, 3.05) is 24.7 Å². The van der Waals surface area contributed by atoms with Crippen molar-refractivity contribution in [3.8, 4) is 0 Å². The average molecular weight is 225 g/mol. The molecule has 1 saturated heterocycles. The summed E-state index contributed by atoms with van der Waals surface area (Å²) in [5, 5.41) is 9.14. The maximum Gasteiger partial charge on any atom is 0.253 e. The first-order valence-electron chi connectivity index (χ1n) is 4.99.